The lowest BCUT2D eigenvalue weighted by Crippen LogP contribution is -2.48. The van der Waals surface area contributed by atoms with Crippen molar-refractivity contribution in [3.63, 3.8) is 0 Å². The Labute approximate surface area is 112 Å². The van der Waals surface area contributed by atoms with Crippen molar-refractivity contribution < 1.29 is 0 Å². The number of nitrogens with two attached hydrogens (primary N) is 1. The first-order valence-electron chi connectivity index (χ1n) is 7.11. The lowest BCUT2D eigenvalue weighted by Gasteiger charge is -2.40. The molecule has 0 amide bonds. The minimum absolute atomic E-state index is 0.590. The zero-order chi connectivity index (χ0) is 12.7. The summed E-state index contributed by atoms with van der Waals surface area (Å²) in [7, 11) is 2.29. The summed E-state index contributed by atoms with van der Waals surface area (Å²) in [6.07, 6.45) is 10.3. The van der Waals surface area contributed by atoms with E-state index in [2.05, 4.69) is 25.1 Å². The molecule has 0 spiro atoms. The minimum atomic E-state index is 0.590. The van der Waals surface area contributed by atoms with Crippen LogP contribution in [0.4, 0.5) is 0 Å². The second kappa shape index (κ2) is 8.39. The molecule has 1 aliphatic carbocycles. The van der Waals surface area contributed by atoms with Gasteiger partial charge in [0, 0.05) is 18.6 Å². The van der Waals surface area contributed by atoms with Crippen molar-refractivity contribution in [1.82, 2.24) is 4.90 Å². The molecule has 17 heavy (non-hydrogen) atoms. The third-order valence-electron chi connectivity index (χ3n) is 4.32. The highest BCUT2D eigenvalue weighted by molar-refractivity contribution is 7.98. The van der Waals surface area contributed by atoms with Gasteiger partial charge in [-0.3, -0.25) is 4.90 Å². The summed E-state index contributed by atoms with van der Waals surface area (Å²) in [6.45, 7) is 3.23. The van der Waals surface area contributed by atoms with Crippen molar-refractivity contribution in [3.05, 3.63) is 0 Å². The summed E-state index contributed by atoms with van der Waals surface area (Å²) in [5.74, 6) is 2.12. The van der Waals surface area contributed by atoms with Gasteiger partial charge in [0.15, 0.2) is 0 Å². The fraction of sp³-hybridized carbons (Fsp3) is 1.00. The van der Waals surface area contributed by atoms with Crippen LogP contribution in [-0.4, -0.2) is 42.6 Å². The molecule has 0 saturated heterocycles. The Morgan fingerprint density at radius 1 is 1.35 bits per heavy atom. The van der Waals surface area contributed by atoms with E-state index in [0.717, 1.165) is 18.5 Å². The molecule has 0 aromatic rings. The van der Waals surface area contributed by atoms with E-state index in [4.69, 9.17) is 5.73 Å². The van der Waals surface area contributed by atoms with Crippen molar-refractivity contribution in [2.24, 2.45) is 11.7 Å². The Bertz CT molecular complexity index is 199. The summed E-state index contributed by atoms with van der Waals surface area (Å²) in [5.41, 5.74) is 5.96. The average Bonchev–Trinajstić information content (AvgIpc) is 2.35. The van der Waals surface area contributed by atoms with E-state index in [0.29, 0.717) is 6.04 Å². The molecule has 3 unspecified atom stereocenters. The van der Waals surface area contributed by atoms with E-state index in [1.165, 1.54) is 44.3 Å². The first-order valence-corrected chi connectivity index (χ1v) is 8.51. The van der Waals surface area contributed by atoms with Gasteiger partial charge in [-0.25, -0.2) is 0 Å². The maximum Gasteiger partial charge on any atom is 0.0218 e. The molecule has 0 aromatic carbocycles. The monoisotopic (exact) mass is 258 g/mol. The molecule has 1 fully saturated rings. The summed E-state index contributed by atoms with van der Waals surface area (Å²) in [5, 5.41) is 0. The van der Waals surface area contributed by atoms with Gasteiger partial charge in [0.25, 0.3) is 0 Å². The number of nitrogens with zero attached hydrogens (tertiary/aromatic N) is 1. The topological polar surface area (TPSA) is 29.3 Å². The number of hydrogen-bond acceptors (Lipinski definition) is 3. The smallest absolute Gasteiger partial charge is 0.0218 e. The van der Waals surface area contributed by atoms with Crippen molar-refractivity contribution in [3.8, 4) is 0 Å². The molecule has 3 heteroatoms. The Morgan fingerprint density at radius 2 is 2.06 bits per heavy atom. The molecular formula is C14H30N2S. The van der Waals surface area contributed by atoms with Gasteiger partial charge < -0.3 is 5.73 Å². The summed E-state index contributed by atoms with van der Waals surface area (Å²) >= 11 is 1.94. The van der Waals surface area contributed by atoms with Crippen molar-refractivity contribution in [1.29, 1.82) is 0 Å². The molecule has 2 nitrogen and oxygen atoms in total. The first-order chi connectivity index (χ1) is 8.20. The molecular weight excluding hydrogens is 228 g/mol. The van der Waals surface area contributed by atoms with Crippen molar-refractivity contribution in [2.45, 2.75) is 57.5 Å². The Balaban J connectivity index is 2.42. The van der Waals surface area contributed by atoms with Gasteiger partial charge in [-0.2, -0.15) is 11.8 Å². The van der Waals surface area contributed by atoms with Crippen LogP contribution in [0, 0.1) is 5.92 Å². The van der Waals surface area contributed by atoms with Crippen LogP contribution in [-0.2, 0) is 0 Å². The lowest BCUT2D eigenvalue weighted by molar-refractivity contribution is 0.0949. The largest absolute Gasteiger partial charge is 0.329 e. The molecule has 0 aromatic heterocycles. The van der Waals surface area contributed by atoms with Crippen LogP contribution in [0.15, 0.2) is 0 Å². The van der Waals surface area contributed by atoms with Crippen molar-refractivity contribution >= 4 is 11.8 Å². The maximum absolute atomic E-state index is 5.96. The molecule has 0 bridgehead atoms. The predicted molar refractivity (Wildman–Crippen MR) is 79.6 cm³/mol. The van der Waals surface area contributed by atoms with Crippen LogP contribution in [0.1, 0.15) is 45.4 Å². The van der Waals surface area contributed by atoms with E-state index in [-0.39, 0.29) is 0 Å². The van der Waals surface area contributed by atoms with E-state index >= 15 is 0 Å². The van der Waals surface area contributed by atoms with Gasteiger partial charge in [-0.15, -0.1) is 0 Å². The highest BCUT2D eigenvalue weighted by Gasteiger charge is 2.28. The molecule has 1 rings (SSSR count). The molecule has 0 aliphatic heterocycles. The first kappa shape index (κ1) is 15.3. The second-order valence-electron chi connectivity index (χ2n) is 5.52. The summed E-state index contributed by atoms with van der Waals surface area (Å²) in [6, 6.07) is 1.36. The van der Waals surface area contributed by atoms with Gasteiger partial charge in [0.05, 0.1) is 0 Å². The number of thioether (sulfide) groups is 1. The standard InChI is InChI=1S/C14H30N2S/c1-12-7-4-5-9-14(12)16(2)13(11-15)8-6-10-17-3/h12-14H,4-11,15H2,1-3H3. The molecule has 3 atom stereocenters. The van der Waals surface area contributed by atoms with Crippen LogP contribution in [0.25, 0.3) is 0 Å². The fourth-order valence-corrected chi connectivity index (χ4v) is 3.58. The van der Waals surface area contributed by atoms with Crippen LogP contribution >= 0.6 is 11.8 Å². The highest BCUT2D eigenvalue weighted by atomic mass is 32.2. The van der Waals surface area contributed by atoms with E-state index in [9.17, 15) is 0 Å². The molecule has 0 radical (unpaired) electrons. The van der Waals surface area contributed by atoms with Crippen LogP contribution in [0.3, 0.4) is 0 Å². The number of hydrogen-bond donors (Lipinski definition) is 1. The normalized spacial score (nSPS) is 27.4. The van der Waals surface area contributed by atoms with E-state index in [1.54, 1.807) is 0 Å². The highest BCUT2D eigenvalue weighted by Crippen LogP contribution is 2.29. The average molecular weight is 258 g/mol. The van der Waals surface area contributed by atoms with E-state index in [1.807, 2.05) is 11.8 Å². The Hall–Kier alpha value is 0.270. The van der Waals surface area contributed by atoms with E-state index < -0.39 is 0 Å². The van der Waals surface area contributed by atoms with Gasteiger partial charge in [-0.05, 0) is 50.7 Å². The summed E-state index contributed by atoms with van der Waals surface area (Å²) in [4.78, 5) is 2.59. The molecule has 1 saturated carbocycles. The molecule has 1 aliphatic rings. The quantitative estimate of drug-likeness (QED) is 0.712. The summed E-state index contributed by atoms with van der Waals surface area (Å²) < 4.78 is 0. The number of rotatable bonds is 7. The SMILES string of the molecule is CSCCCC(CN)N(C)C1CCCCC1C. The van der Waals surface area contributed by atoms with Crippen molar-refractivity contribution in [2.75, 3.05) is 25.6 Å². The number of likely N-dealkylation sites (N-methyl/N-ethyl adjacent to an activating group) is 1. The third kappa shape index (κ3) is 4.80. The van der Waals surface area contributed by atoms with Crippen LogP contribution in [0.2, 0.25) is 0 Å². The van der Waals surface area contributed by atoms with Gasteiger partial charge in [0.2, 0.25) is 0 Å². The predicted octanol–water partition coefficient (Wildman–Crippen LogP) is 2.97. The van der Waals surface area contributed by atoms with Crippen LogP contribution < -0.4 is 5.73 Å². The second-order valence-corrected chi connectivity index (χ2v) is 6.50. The minimum Gasteiger partial charge on any atom is -0.329 e. The van der Waals surface area contributed by atoms with Gasteiger partial charge >= 0.3 is 0 Å². The lowest BCUT2D eigenvalue weighted by atomic mass is 9.84. The fourth-order valence-electron chi connectivity index (χ4n) is 3.12. The molecule has 2 N–H and O–H groups in total. The Kier molecular flexibility index (Phi) is 7.56. The van der Waals surface area contributed by atoms with Crippen LogP contribution in [0.5, 0.6) is 0 Å². The van der Waals surface area contributed by atoms with Gasteiger partial charge in [0.1, 0.15) is 0 Å². The maximum atomic E-state index is 5.96. The zero-order valence-corrected chi connectivity index (χ0v) is 12.6. The Morgan fingerprint density at radius 3 is 2.65 bits per heavy atom. The van der Waals surface area contributed by atoms with Gasteiger partial charge in [-0.1, -0.05) is 19.8 Å². The zero-order valence-electron chi connectivity index (χ0n) is 11.8. The third-order valence-corrected chi connectivity index (χ3v) is 5.02. The molecule has 0 heterocycles. The molecule has 102 valence electrons.